The topological polar surface area (TPSA) is 23.5 Å². The van der Waals surface area contributed by atoms with Gasteiger partial charge in [-0.15, -0.1) is 0 Å². The summed E-state index contributed by atoms with van der Waals surface area (Å²) in [5, 5.41) is 10.0. The molecule has 0 amide bonds. The van der Waals surface area contributed by atoms with E-state index in [9.17, 15) is 5.11 Å². The monoisotopic (exact) mass is 247 g/mol. The molecule has 2 heteroatoms. The van der Waals surface area contributed by atoms with Gasteiger partial charge in [-0.3, -0.25) is 4.90 Å². The lowest BCUT2D eigenvalue weighted by Gasteiger charge is -2.39. The van der Waals surface area contributed by atoms with E-state index in [4.69, 9.17) is 0 Å². The van der Waals surface area contributed by atoms with E-state index in [2.05, 4.69) is 38.7 Å². The van der Waals surface area contributed by atoms with Crippen LogP contribution in [0.1, 0.15) is 44.4 Å². The van der Waals surface area contributed by atoms with E-state index in [0.717, 1.165) is 30.5 Å². The summed E-state index contributed by atoms with van der Waals surface area (Å²) in [4.78, 5) is 2.51. The fourth-order valence-corrected chi connectivity index (χ4v) is 3.23. The molecule has 3 atom stereocenters. The van der Waals surface area contributed by atoms with Crippen molar-refractivity contribution in [3.63, 3.8) is 0 Å². The minimum absolute atomic E-state index is 0.301. The van der Waals surface area contributed by atoms with Gasteiger partial charge in [0.05, 0.1) is 0 Å². The molecular weight excluding hydrogens is 222 g/mol. The highest BCUT2D eigenvalue weighted by Crippen LogP contribution is 2.33. The lowest BCUT2D eigenvalue weighted by molar-refractivity contribution is 0.102. The number of hydrogen-bond donors (Lipinski definition) is 1. The quantitative estimate of drug-likeness (QED) is 0.860. The van der Waals surface area contributed by atoms with Crippen molar-refractivity contribution in [2.75, 3.05) is 13.1 Å². The van der Waals surface area contributed by atoms with Crippen LogP contribution in [0.2, 0.25) is 0 Å². The molecule has 2 rings (SSSR count). The minimum Gasteiger partial charge on any atom is -0.508 e. The van der Waals surface area contributed by atoms with Crippen molar-refractivity contribution in [3.05, 3.63) is 29.3 Å². The molecule has 3 unspecified atom stereocenters. The van der Waals surface area contributed by atoms with Crippen molar-refractivity contribution < 1.29 is 5.11 Å². The summed E-state index contributed by atoms with van der Waals surface area (Å²) in [6, 6.07) is 6.20. The molecule has 0 bridgehead atoms. The van der Waals surface area contributed by atoms with Crippen LogP contribution in [0.25, 0.3) is 0 Å². The van der Waals surface area contributed by atoms with Crippen LogP contribution in [0.15, 0.2) is 18.2 Å². The first-order valence-electron chi connectivity index (χ1n) is 7.01. The predicted molar refractivity (Wildman–Crippen MR) is 75.8 cm³/mol. The number of nitrogens with zero attached hydrogens (tertiary/aromatic N) is 1. The minimum atomic E-state index is 0.301. The van der Waals surface area contributed by atoms with Crippen molar-refractivity contribution in [2.45, 2.75) is 40.2 Å². The van der Waals surface area contributed by atoms with E-state index in [1.807, 2.05) is 12.1 Å². The van der Waals surface area contributed by atoms with Crippen LogP contribution in [0.3, 0.4) is 0 Å². The molecule has 1 saturated heterocycles. The second-order valence-electron chi connectivity index (χ2n) is 6.14. The molecule has 100 valence electrons. The summed E-state index contributed by atoms with van der Waals surface area (Å²) >= 11 is 0. The summed E-state index contributed by atoms with van der Waals surface area (Å²) in [6.45, 7) is 11.2. The summed E-state index contributed by atoms with van der Waals surface area (Å²) in [6.07, 6.45) is 1.32. The van der Waals surface area contributed by atoms with Gasteiger partial charge in [0.25, 0.3) is 0 Å². The van der Waals surface area contributed by atoms with Crippen LogP contribution in [-0.2, 0) is 0 Å². The van der Waals surface area contributed by atoms with Crippen LogP contribution in [0.4, 0.5) is 0 Å². The maximum Gasteiger partial charge on any atom is 0.120 e. The van der Waals surface area contributed by atoms with Gasteiger partial charge in [-0.05, 0) is 38.2 Å². The van der Waals surface area contributed by atoms with Gasteiger partial charge in [-0.1, -0.05) is 31.5 Å². The van der Waals surface area contributed by atoms with Gasteiger partial charge >= 0.3 is 0 Å². The number of likely N-dealkylation sites (tertiary alicyclic amines) is 1. The average Bonchev–Trinajstić information content (AvgIpc) is 2.30. The Kier molecular flexibility index (Phi) is 3.96. The fourth-order valence-electron chi connectivity index (χ4n) is 3.23. The van der Waals surface area contributed by atoms with Crippen LogP contribution in [0, 0.1) is 18.8 Å². The van der Waals surface area contributed by atoms with E-state index in [1.54, 1.807) is 0 Å². The Bertz CT molecular complexity index is 406. The van der Waals surface area contributed by atoms with E-state index in [0.29, 0.717) is 11.8 Å². The molecular formula is C16H25NO. The lowest BCUT2D eigenvalue weighted by Crippen LogP contribution is -2.40. The average molecular weight is 247 g/mol. The van der Waals surface area contributed by atoms with Crippen LogP contribution in [0.5, 0.6) is 5.75 Å². The van der Waals surface area contributed by atoms with Gasteiger partial charge in [0.1, 0.15) is 5.75 Å². The molecule has 0 aromatic heterocycles. The van der Waals surface area contributed by atoms with Crippen molar-refractivity contribution >= 4 is 0 Å². The Morgan fingerprint density at radius 2 is 1.83 bits per heavy atom. The molecule has 2 nitrogen and oxygen atoms in total. The summed E-state index contributed by atoms with van der Waals surface area (Å²) in [5.74, 6) is 1.94. The number of piperidine rings is 1. The number of rotatable bonds is 2. The molecule has 1 aromatic rings. The first-order chi connectivity index (χ1) is 8.47. The maximum absolute atomic E-state index is 10.0. The second kappa shape index (κ2) is 5.31. The zero-order chi connectivity index (χ0) is 13.3. The summed E-state index contributed by atoms with van der Waals surface area (Å²) in [5.41, 5.74) is 2.28. The van der Waals surface area contributed by atoms with Gasteiger partial charge in [0.2, 0.25) is 0 Å². The van der Waals surface area contributed by atoms with Crippen LogP contribution in [-0.4, -0.2) is 23.1 Å². The SMILES string of the molecule is Cc1ccc(O)c(C(C)N2CC(C)CC(C)C2)c1. The molecule has 1 fully saturated rings. The Morgan fingerprint density at radius 1 is 1.22 bits per heavy atom. The second-order valence-corrected chi connectivity index (χ2v) is 6.14. The molecule has 1 aromatic carbocycles. The highest BCUT2D eigenvalue weighted by molar-refractivity contribution is 5.37. The Hall–Kier alpha value is -1.02. The number of benzene rings is 1. The third-order valence-corrected chi connectivity index (χ3v) is 4.08. The zero-order valence-electron chi connectivity index (χ0n) is 12.0. The molecule has 0 saturated carbocycles. The number of hydrogen-bond acceptors (Lipinski definition) is 2. The maximum atomic E-state index is 10.0. The summed E-state index contributed by atoms with van der Waals surface area (Å²) in [7, 11) is 0. The Morgan fingerprint density at radius 3 is 2.44 bits per heavy atom. The number of phenolic OH excluding ortho intramolecular Hbond substituents is 1. The van der Waals surface area contributed by atoms with Gasteiger partial charge in [-0.2, -0.15) is 0 Å². The van der Waals surface area contributed by atoms with E-state index >= 15 is 0 Å². The molecule has 1 aliphatic rings. The normalized spacial score (nSPS) is 27.1. The zero-order valence-corrected chi connectivity index (χ0v) is 12.0. The highest BCUT2D eigenvalue weighted by Gasteiger charge is 2.27. The van der Waals surface area contributed by atoms with Crippen molar-refractivity contribution in [1.82, 2.24) is 4.90 Å². The Labute approximate surface area is 111 Å². The first-order valence-corrected chi connectivity index (χ1v) is 7.01. The molecule has 0 spiro atoms. The van der Waals surface area contributed by atoms with E-state index in [1.165, 1.54) is 12.0 Å². The van der Waals surface area contributed by atoms with Crippen molar-refractivity contribution in [3.8, 4) is 5.75 Å². The smallest absolute Gasteiger partial charge is 0.120 e. The van der Waals surface area contributed by atoms with Gasteiger partial charge < -0.3 is 5.11 Å². The van der Waals surface area contributed by atoms with Crippen LogP contribution < -0.4 is 0 Å². The van der Waals surface area contributed by atoms with Gasteiger partial charge in [-0.25, -0.2) is 0 Å². The summed E-state index contributed by atoms with van der Waals surface area (Å²) < 4.78 is 0. The van der Waals surface area contributed by atoms with Crippen molar-refractivity contribution in [2.24, 2.45) is 11.8 Å². The largest absolute Gasteiger partial charge is 0.508 e. The fraction of sp³-hybridized carbons (Fsp3) is 0.625. The highest BCUT2D eigenvalue weighted by atomic mass is 16.3. The third kappa shape index (κ3) is 2.86. The number of aryl methyl sites for hydroxylation is 1. The van der Waals surface area contributed by atoms with Crippen LogP contribution >= 0.6 is 0 Å². The van der Waals surface area contributed by atoms with Gasteiger partial charge in [0, 0.05) is 24.7 Å². The molecule has 18 heavy (non-hydrogen) atoms. The van der Waals surface area contributed by atoms with Gasteiger partial charge in [0.15, 0.2) is 0 Å². The molecule has 1 heterocycles. The van der Waals surface area contributed by atoms with E-state index < -0.39 is 0 Å². The molecule has 1 aliphatic heterocycles. The van der Waals surface area contributed by atoms with Crippen molar-refractivity contribution in [1.29, 1.82) is 0 Å². The standard InChI is InChI=1S/C16H25NO/c1-11-5-6-16(18)15(8-11)14(4)17-9-12(2)7-13(3)10-17/h5-6,8,12-14,18H,7,9-10H2,1-4H3. The third-order valence-electron chi connectivity index (χ3n) is 4.08. The van der Waals surface area contributed by atoms with E-state index in [-0.39, 0.29) is 0 Å². The molecule has 1 N–H and O–H groups in total. The molecule has 0 aliphatic carbocycles. The number of aromatic hydroxyl groups is 1. The lowest BCUT2D eigenvalue weighted by atomic mass is 9.90. The first kappa shape index (κ1) is 13.4. The Balaban J connectivity index is 2.19. The predicted octanol–water partition coefficient (Wildman–Crippen LogP) is 3.74. The molecule has 0 radical (unpaired) electrons. The number of phenols is 1.